The first-order valence-electron chi connectivity index (χ1n) is 10.9. The SMILES string of the molecule is N#CC1(NC(=O)[C@@H]2C[C@@H](S(=O)(=O)c3ccccc3Cl)CN2C(=O)C2(c3ccc(Cl)s3)CC2)CC1. The van der Waals surface area contributed by atoms with E-state index in [1.165, 1.54) is 28.4 Å². The molecule has 0 spiro atoms. The van der Waals surface area contributed by atoms with Gasteiger partial charge >= 0.3 is 0 Å². The number of thiophene rings is 1. The minimum atomic E-state index is -3.91. The molecule has 7 nitrogen and oxygen atoms in total. The second-order valence-electron chi connectivity index (χ2n) is 9.18. The van der Waals surface area contributed by atoms with Crippen LogP contribution >= 0.6 is 34.5 Å². The quantitative estimate of drug-likeness (QED) is 0.604. The van der Waals surface area contributed by atoms with E-state index in [0.717, 1.165) is 4.88 Å². The fourth-order valence-electron chi connectivity index (χ4n) is 4.60. The molecule has 3 fully saturated rings. The van der Waals surface area contributed by atoms with E-state index in [-0.39, 0.29) is 28.8 Å². The van der Waals surface area contributed by atoms with Crippen molar-refractivity contribution >= 4 is 56.2 Å². The molecule has 2 heterocycles. The second-order valence-corrected chi connectivity index (χ2v) is 13.5. The lowest BCUT2D eigenvalue weighted by molar-refractivity contribution is -0.140. The Kier molecular flexibility index (Phi) is 5.72. The van der Waals surface area contributed by atoms with Crippen LogP contribution in [0.5, 0.6) is 0 Å². The number of nitrogens with one attached hydrogen (secondary N) is 1. The molecule has 2 aliphatic carbocycles. The topological polar surface area (TPSA) is 107 Å². The van der Waals surface area contributed by atoms with Gasteiger partial charge in [0.25, 0.3) is 0 Å². The molecular weight excluding hydrogens is 517 g/mol. The molecule has 1 saturated heterocycles. The average Bonchev–Trinajstić information content (AvgIpc) is 3.68. The Bertz CT molecular complexity index is 1330. The predicted molar refractivity (Wildman–Crippen MR) is 129 cm³/mol. The summed E-state index contributed by atoms with van der Waals surface area (Å²) in [6.07, 6.45) is 2.23. The number of halogens is 2. The van der Waals surface area contributed by atoms with E-state index in [1.807, 2.05) is 6.07 Å². The van der Waals surface area contributed by atoms with Crippen LogP contribution < -0.4 is 5.32 Å². The van der Waals surface area contributed by atoms with Crippen LogP contribution in [0.1, 0.15) is 37.0 Å². The fraction of sp³-hybridized carbons (Fsp3) is 0.435. The number of carbonyl (C=O) groups excluding carboxylic acids is 2. The number of likely N-dealkylation sites (tertiary alicyclic amines) is 1. The predicted octanol–water partition coefficient (Wildman–Crippen LogP) is 3.70. The molecule has 1 aromatic carbocycles. The van der Waals surface area contributed by atoms with Crippen LogP contribution in [0.2, 0.25) is 9.36 Å². The molecule has 1 aromatic heterocycles. The summed E-state index contributed by atoms with van der Waals surface area (Å²) in [5, 5.41) is 11.3. The number of carbonyl (C=O) groups is 2. The summed E-state index contributed by atoms with van der Waals surface area (Å²) in [5.74, 6) is -0.769. The molecule has 2 saturated carbocycles. The van der Waals surface area contributed by atoms with Crippen LogP contribution in [-0.4, -0.2) is 48.5 Å². The molecule has 0 unspecified atom stereocenters. The van der Waals surface area contributed by atoms with Gasteiger partial charge in [0.2, 0.25) is 11.8 Å². The summed E-state index contributed by atoms with van der Waals surface area (Å²) in [6.45, 7) is -0.120. The molecule has 0 radical (unpaired) electrons. The second kappa shape index (κ2) is 8.23. The van der Waals surface area contributed by atoms with Gasteiger partial charge in [-0.25, -0.2) is 8.42 Å². The van der Waals surface area contributed by atoms with Crippen LogP contribution in [-0.2, 0) is 24.8 Å². The van der Waals surface area contributed by atoms with Crippen molar-refractivity contribution in [2.24, 2.45) is 0 Å². The van der Waals surface area contributed by atoms with Crippen molar-refractivity contribution in [3.63, 3.8) is 0 Å². The Balaban J connectivity index is 1.48. The Morgan fingerprint density at radius 1 is 1.12 bits per heavy atom. The van der Waals surface area contributed by atoms with Gasteiger partial charge in [-0.05, 0) is 56.4 Å². The number of benzene rings is 1. The van der Waals surface area contributed by atoms with Crippen molar-refractivity contribution < 1.29 is 18.0 Å². The van der Waals surface area contributed by atoms with Gasteiger partial charge in [-0.15, -0.1) is 11.3 Å². The van der Waals surface area contributed by atoms with Crippen molar-refractivity contribution in [2.75, 3.05) is 6.54 Å². The number of sulfone groups is 1. The number of hydrogen-bond donors (Lipinski definition) is 1. The van der Waals surface area contributed by atoms with Gasteiger partial charge in [-0.1, -0.05) is 35.3 Å². The molecule has 11 heteroatoms. The lowest BCUT2D eigenvalue weighted by Gasteiger charge is -2.28. The summed E-state index contributed by atoms with van der Waals surface area (Å²) < 4.78 is 27.5. The Labute approximate surface area is 211 Å². The summed E-state index contributed by atoms with van der Waals surface area (Å²) in [7, 11) is -3.91. The van der Waals surface area contributed by atoms with Crippen molar-refractivity contribution in [2.45, 2.75) is 59.2 Å². The number of amides is 2. The van der Waals surface area contributed by atoms with Crippen molar-refractivity contribution in [1.29, 1.82) is 5.26 Å². The monoisotopic (exact) mass is 537 g/mol. The standard InChI is InChI=1S/C23H21Cl2N3O4S2/c24-15-3-1-2-4-17(15)34(31,32)14-11-16(20(29)27-22(13-26)7-8-22)28(12-14)21(30)23(9-10-23)18-5-6-19(25)33-18/h1-6,14,16H,7-12H2,(H,27,29)/t14-,16+/m1/s1. The Morgan fingerprint density at radius 2 is 1.82 bits per heavy atom. The van der Waals surface area contributed by atoms with Crippen LogP contribution in [0.4, 0.5) is 0 Å². The highest BCUT2D eigenvalue weighted by Crippen LogP contribution is 2.53. The van der Waals surface area contributed by atoms with Gasteiger partial charge in [-0.3, -0.25) is 9.59 Å². The summed E-state index contributed by atoms with van der Waals surface area (Å²) >= 11 is 13.6. The van der Waals surface area contributed by atoms with Crippen LogP contribution in [0.25, 0.3) is 0 Å². The van der Waals surface area contributed by atoms with Gasteiger partial charge in [0.05, 0.1) is 31.0 Å². The minimum absolute atomic E-state index is 0.0167. The molecule has 178 valence electrons. The highest BCUT2D eigenvalue weighted by atomic mass is 35.5. The molecule has 1 aliphatic heterocycles. The molecular formula is C23H21Cl2N3O4S2. The number of hydrogen-bond acceptors (Lipinski definition) is 6. The zero-order valence-corrected chi connectivity index (χ0v) is 21.1. The highest BCUT2D eigenvalue weighted by Gasteiger charge is 2.58. The number of rotatable bonds is 6. The third-order valence-corrected chi connectivity index (χ3v) is 11.0. The van der Waals surface area contributed by atoms with Crippen LogP contribution in [0.3, 0.4) is 0 Å². The highest BCUT2D eigenvalue weighted by molar-refractivity contribution is 7.92. The van der Waals surface area contributed by atoms with Gasteiger partial charge in [0, 0.05) is 11.4 Å². The zero-order chi connectivity index (χ0) is 24.3. The molecule has 34 heavy (non-hydrogen) atoms. The van der Waals surface area contributed by atoms with Gasteiger partial charge in [-0.2, -0.15) is 5.26 Å². The third-order valence-electron chi connectivity index (χ3n) is 6.94. The molecule has 1 N–H and O–H groups in total. The largest absolute Gasteiger partial charge is 0.336 e. The van der Waals surface area contributed by atoms with Crippen molar-refractivity contribution in [1.82, 2.24) is 10.2 Å². The number of nitriles is 1. The lowest BCUT2D eigenvalue weighted by atomic mass is 10.0. The van der Waals surface area contributed by atoms with E-state index in [1.54, 1.807) is 18.2 Å². The third kappa shape index (κ3) is 3.91. The maximum atomic E-state index is 13.8. The Hall–Kier alpha value is -2.12. The minimum Gasteiger partial charge on any atom is -0.336 e. The first-order valence-corrected chi connectivity index (χ1v) is 14.0. The smallest absolute Gasteiger partial charge is 0.244 e. The molecule has 0 bridgehead atoms. The van der Waals surface area contributed by atoms with Gasteiger partial charge in [0.1, 0.15) is 11.6 Å². The summed E-state index contributed by atoms with van der Waals surface area (Å²) in [5.41, 5.74) is -1.71. The number of nitrogens with zero attached hydrogens (tertiary/aromatic N) is 2. The van der Waals surface area contributed by atoms with E-state index in [9.17, 15) is 23.3 Å². The van der Waals surface area contributed by atoms with E-state index in [4.69, 9.17) is 23.2 Å². The van der Waals surface area contributed by atoms with Crippen LogP contribution in [0, 0.1) is 11.3 Å². The van der Waals surface area contributed by atoms with Crippen LogP contribution in [0.15, 0.2) is 41.3 Å². The molecule has 2 aromatic rings. The Morgan fingerprint density at radius 3 is 2.38 bits per heavy atom. The average molecular weight is 538 g/mol. The van der Waals surface area contributed by atoms with E-state index >= 15 is 0 Å². The van der Waals surface area contributed by atoms with E-state index in [2.05, 4.69) is 11.4 Å². The summed E-state index contributed by atoms with van der Waals surface area (Å²) in [4.78, 5) is 29.2. The maximum absolute atomic E-state index is 13.8. The van der Waals surface area contributed by atoms with E-state index < -0.39 is 38.0 Å². The first-order chi connectivity index (χ1) is 16.1. The normalized spacial score (nSPS) is 24.3. The summed E-state index contributed by atoms with van der Waals surface area (Å²) in [6, 6.07) is 10.8. The van der Waals surface area contributed by atoms with Crippen molar-refractivity contribution in [3.05, 3.63) is 50.6 Å². The molecule has 2 atom stereocenters. The molecule has 3 aliphatic rings. The van der Waals surface area contributed by atoms with E-state index in [0.29, 0.717) is 30.0 Å². The van der Waals surface area contributed by atoms with Gasteiger partial charge < -0.3 is 10.2 Å². The zero-order valence-electron chi connectivity index (χ0n) is 18.0. The first kappa shape index (κ1) is 23.6. The molecule has 5 rings (SSSR count). The fourth-order valence-corrected chi connectivity index (χ4v) is 8.10. The van der Waals surface area contributed by atoms with Crippen molar-refractivity contribution in [3.8, 4) is 6.07 Å². The maximum Gasteiger partial charge on any atom is 0.244 e. The van der Waals surface area contributed by atoms with Gasteiger partial charge in [0.15, 0.2) is 9.84 Å². The molecule has 2 amide bonds. The lowest BCUT2D eigenvalue weighted by Crippen LogP contribution is -2.51.